The molecular formula is C15H25N3. The van der Waals surface area contributed by atoms with E-state index in [1.807, 2.05) is 12.4 Å². The minimum absolute atomic E-state index is 0.283. The molecule has 1 saturated carbocycles. The SMILES string of the molecule is CCC1CCC(C(NN)c2ccncc2C)CC1. The first-order valence-electron chi connectivity index (χ1n) is 7.12. The van der Waals surface area contributed by atoms with Gasteiger partial charge in [-0.3, -0.25) is 16.3 Å². The molecular weight excluding hydrogens is 222 g/mol. The molecule has 0 aliphatic heterocycles. The van der Waals surface area contributed by atoms with Crippen LogP contribution in [0.1, 0.15) is 56.2 Å². The van der Waals surface area contributed by atoms with Gasteiger partial charge in [-0.25, -0.2) is 0 Å². The summed E-state index contributed by atoms with van der Waals surface area (Å²) in [4.78, 5) is 4.16. The monoisotopic (exact) mass is 247 g/mol. The van der Waals surface area contributed by atoms with E-state index < -0.39 is 0 Å². The Morgan fingerprint density at radius 1 is 1.39 bits per heavy atom. The first-order valence-corrected chi connectivity index (χ1v) is 7.12. The largest absolute Gasteiger partial charge is 0.271 e. The van der Waals surface area contributed by atoms with Crippen molar-refractivity contribution in [3.05, 3.63) is 29.6 Å². The van der Waals surface area contributed by atoms with Crippen molar-refractivity contribution in [3.63, 3.8) is 0 Å². The maximum Gasteiger partial charge on any atom is 0.0491 e. The lowest BCUT2D eigenvalue weighted by molar-refractivity contribution is 0.219. The molecule has 0 saturated heterocycles. The number of nitrogens with one attached hydrogen (secondary N) is 1. The Kier molecular flexibility index (Phi) is 4.72. The molecule has 1 heterocycles. The topological polar surface area (TPSA) is 50.9 Å². The third-order valence-corrected chi connectivity index (χ3v) is 4.52. The Morgan fingerprint density at radius 2 is 2.11 bits per heavy atom. The van der Waals surface area contributed by atoms with Crippen LogP contribution in [0.2, 0.25) is 0 Å². The van der Waals surface area contributed by atoms with Gasteiger partial charge >= 0.3 is 0 Å². The fraction of sp³-hybridized carbons (Fsp3) is 0.667. The van der Waals surface area contributed by atoms with Crippen LogP contribution in [0, 0.1) is 18.8 Å². The second-order valence-corrected chi connectivity index (χ2v) is 5.57. The average Bonchev–Trinajstić information content (AvgIpc) is 2.42. The summed E-state index contributed by atoms with van der Waals surface area (Å²) in [6.07, 6.45) is 10.4. The molecule has 0 aromatic carbocycles. The predicted molar refractivity (Wildman–Crippen MR) is 74.8 cm³/mol. The Morgan fingerprint density at radius 3 is 2.67 bits per heavy atom. The molecule has 100 valence electrons. The van der Waals surface area contributed by atoms with E-state index in [1.165, 1.54) is 43.2 Å². The van der Waals surface area contributed by atoms with Crippen LogP contribution in [-0.4, -0.2) is 4.98 Å². The van der Waals surface area contributed by atoms with E-state index in [0.717, 1.165) is 5.92 Å². The third kappa shape index (κ3) is 2.90. The van der Waals surface area contributed by atoms with E-state index in [-0.39, 0.29) is 6.04 Å². The fourth-order valence-electron chi connectivity index (χ4n) is 3.24. The summed E-state index contributed by atoms with van der Waals surface area (Å²) in [6, 6.07) is 2.39. The normalized spacial score (nSPS) is 25.9. The van der Waals surface area contributed by atoms with Gasteiger partial charge in [-0.15, -0.1) is 0 Å². The van der Waals surface area contributed by atoms with Crippen LogP contribution in [-0.2, 0) is 0 Å². The molecule has 0 radical (unpaired) electrons. The molecule has 1 aromatic rings. The van der Waals surface area contributed by atoms with Gasteiger partial charge in [0.1, 0.15) is 0 Å². The molecule has 1 aliphatic rings. The molecule has 1 aliphatic carbocycles. The van der Waals surface area contributed by atoms with Crippen LogP contribution in [0.3, 0.4) is 0 Å². The first-order chi connectivity index (χ1) is 8.76. The van der Waals surface area contributed by atoms with E-state index >= 15 is 0 Å². The molecule has 2 rings (SSSR count). The van der Waals surface area contributed by atoms with Gasteiger partial charge in [0, 0.05) is 18.4 Å². The molecule has 0 bridgehead atoms. The van der Waals surface area contributed by atoms with Gasteiger partial charge in [0.2, 0.25) is 0 Å². The number of rotatable bonds is 4. The number of aryl methyl sites for hydroxylation is 1. The lowest BCUT2D eigenvalue weighted by Crippen LogP contribution is -2.35. The molecule has 3 N–H and O–H groups in total. The van der Waals surface area contributed by atoms with Gasteiger partial charge in [0.25, 0.3) is 0 Å². The highest BCUT2D eigenvalue weighted by molar-refractivity contribution is 5.26. The minimum atomic E-state index is 0.283. The lowest BCUT2D eigenvalue weighted by Gasteiger charge is -2.34. The van der Waals surface area contributed by atoms with Crippen LogP contribution < -0.4 is 11.3 Å². The van der Waals surface area contributed by atoms with Crippen molar-refractivity contribution in [2.24, 2.45) is 17.7 Å². The van der Waals surface area contributed by atoms with Crippen molar-refractivity contribution in [1.29, 1.82) is 0 Å². The summed E-state index contributed by atoms with van der Waals surface area (Å²) < 4.78 is 0. The number of hydrogen-bond acceptors (Lipinski definition) is 3. The molecule has 3 nitrogen and oxygen atoms in total. The van der Waals surface area contributed by atoms with Crippen LogP contribution in [0.5, 0.6) is 0 Å². The highest BCUT2D eigenvalue weighted by atomic mass is 15.2. The second kappa shape index (κ2) is 6.30. The molecule has 0 spiro atoms. The summed E-state index contributed by atoms with van der Waals surface area (Å²) in [6.45, 7) is 4.42. The maximum atomic E-state index is 5.80. The van der Waals surface area contributed by atoms with Crippen LogP contribution in [0.25, 0.3) is 0 Å². The Balaban J connectivity index is 2.08. The van der Waals surface area contributed by atoms with E-state index in [2.05, 4.69) is 30.3 Å². The fourth-order valence-corrected chi connectivity index (χ4v) is 3.24. The van der Waals surface area contributed by atoms with Crippen molar-refractivity contribution >= 4 is 0 Å². The zero-order valence-corrected chi connectivity index (χ0v) is 11.5. The van der Waals surface area contributed by atoms with E-state index in [0.29, 0.717) is 5.92 Å². The number of aromatic nitrogens is 1. The number of hydrazine groups is 1. The summed E-state index contributed by atoms with van der Waals surface area (Å²) in [5.74, 6) is 7.40. The third-order valence-electron chi connectivity index (χ3n) is 4.52. The molecule has 1 unspecified atom stereocenters. The van der Waals surface area contributed by atoms with Crippen molar-refractivity contribution in [1.82, 2.24) is 10.4 Å². The lowest BCUT2D eigenvalue weighted by atomic mass is 9.76. The van der Waals surface area contributed by atoms with Crippen LogP contribution in [0.15, 0.2) is 18.5 Å². The Labute approximate surface area is 110 Å². The van der Waals surface area contributed by atoms with E-state index in [4.69, 9.17) is 5.84 Å². The van der Waals surface area contributed by atoms with Gasteiger partial charge in [-0.05, 0) is 48.8 Å². The molecule has 1 aromatic heterocycles. The van der Waals surface area contributed by atoms with Gasteiger partial charge in [0.15, 0.2) is 0 Å². The summed E-state index contributed by atoms with van der Waals surface area (Å²) in [5, 5.41) is 0. The van der Waals surface area contributed by atoms with Gasteiger partial charge < -0.3 is 0 Å². The summed E-state index contributed by atoms with van der Waals surface area (Å²) >= 11 is 0. The number of nitrogens with two attached hydrogens (primary N) is 1. The quantitative estimate of drug-likeness (QED) is 0.635. The number of pyridine rings is 1. The second-order valence-electron chi connectivity index (χ2n) is 5.57. The zero-order chi connectivity index (χ0) is 13.0. The van der Waals surface area contributed by atoms with Crippen molar-refractivity contribution in [2.75, 3.05) is 0 Å². The van der Waals surface area contributed by atoms with Crippen molar-refractivity contribution < 1.29 is 0 Å². The minimum Gasteiger partial charge on any atom is -0.271 e. The Hall–Kier alpha value is -0.930. The molecule has 1 fully saturated rings. The van der Waals surface area contributed by atoms with Crippen molar-refractivity contribution in [2.45, 2.75) is 52.0 Å². The molecule has 3 heteroatoms. The van der Waals surface area contributed by atoms with E-state index in [1.54, 1.807) is 0 Å². The predicted octanol–water partition coefficient (Wildman–Crippen LogP) is 3.11. The standard InChI is InChI=1S/C15H25N3/c1-3-12-4-6-13(7-5-12)15(18-16)14-8-9-17-10-11(14)2/h8-10,12-13,15,18H,3-7,16H2,1-2H3. The smallest absolute Gasteiger partial charge is 0.0491 e. The van der Waals surface area contributed by atoms with Gasteiger partial charge in [-0.1, -0.05) is 26.2 Å². The number of hydrogen-bond donors (Lipinski definition) is 2. The number of nitrogens with zero attached hydrogens (tertiary/aromatic N) is 1. The summed E-state index contributed by atoms with van der Waals surface area (Å²) in [5.41, 5.74) is 5.58. The van der Waals surface area contributed by atoms with Gasteiger partial charge in [-0.2, -0.15) is 0 Å². The molecule has 18 heavy (non-hydrogen) atoms. The van der Waals surface area contributed by atoms with Gasteiger partial charge in [0.05, 0.1) is 0 Å². The summed E-state index contributed by atoms with van der Waals surface area (Å²) in [7, 11) is 0. The first kappa shape index (κ1) is 13.5. The van der Waals surface area contributed by atoms with E-state index in [9.17, 15) is 0 Å². The van der Waals surface area contributed by atoms with Crippen LogP contribution in [0.4, 0.5) is 0 Å². The zero-order valence-electron chi connectivity index (χ0n) is 11.5. The highest BCUT2D eigenvalue weighted by Crippen LogP contribution is 2.38. The maximum absolute atomic E-state index is 5.80. The van der Waals surface area contributed by atoms with Crippen LogP contribution >= 0.6 is 0 Å². The highest BCUT2D eigenvalue weighted by Gasteiger charge is 2.28. The molecule has 1 atom stereocenters. The Bertz CT molecular complexity index is 370. The van der Waals surface area contributed by atoms with Crippen molar-refractivity contribution in [3.8, 4) is 0 Å². The average molecular weight is 247 g/mol. The molecule has 0 amide bonds.